The Morgan fingerprint density at radius 2 is 2.08 bits per heavy atom. The number of halogens is 1. The van der Waals surface area contributed by atoms with E-state index in [9.17, 15) is 9.18 Å². The first-order chi connectivity index (χ1) is 11.6. The van der Waals surface area contributed by atoms with Crippen molar-refractivity contribution in [2.75, 3.05) is 16.8 Å². The fourth-order valence-corrected chi connectivity index (χ4v) is 4.16. The van der Waals surface area contributed by atoms with Gasteiger partial charge in [-0.15, -0.1) is 21.5 Å². The molecule has 0 bridgehead atoms. The molecule has 2 aromatic heterocycles. The minimum Gasteiger partial charge on any atom is -0.374 e. The van der Waals surface area contributed by atoms with E-state index in [1.807, 2.05) is 5.38 Å². The van der Waals surface area contributed by atoms with Crippen LogP contribution < -0.4 is 11.1 Å². The lowest BCUT2D eigenvalue weighted by Crippen LogP contribution is -2.11. The molecule has 3 aromatic rings. The molecule has 1 amide bonds. The number of thiazole rings is 1. The van der Waals surface area contributed by atoms with Crippen molar-refractivity contribution in [2.45, 2.75) is 10.8 Å². The van der Waals surface area contributed by atoms with Gasteiger partial charge in [0.1, 0.15) is 5.82 Å². The van der Waals surface area contributed by atoms with Gasteiger partial charge in [-0.2, -0.15) is 0 Å². The fourth-order valence-electron chi connectivity index (χ4n) is 1.78. The zero-order valence-corrected chi connectivity index (χ0v) is 14.7. The van der Waals surface area contributed by atoms with E-state index in [1.54, 1.807) is 12.1 Å². The van der Waals surface area contributed by atoms with Crippen LogP contribution in [0.3, 0.4) is 0 Å². The molecule has 0 aliphatic heterocycles. The third-order valence-corrected chi connectivity index (χ3v) is 5.51. The molecule has 0 unspecified atom stereocenters. The lowest BCUT2D eigenvalue weighted by Gasteiger charge is -2.00. The topological polar surface area (TPSA) is 93.8 Å². The molecule has 1 aromatic carbocycles. The van der Waals surface area contributed by atoms with Crippen LogP contribution in [0.5, 0.6) is 0 Å². The number of nitrogens with one attached hydrogen (secondary N) is 1. The number of carbonyl (C=O) groups is 1. The van der Waals surface area contributed by atoms with Gasteiger partial charge in [0.25, 0.3) is 0 Å². The average Bonchev–Trinajstić information content (AvgIpc) is 3.17. The Morgan fingerprint density at radius 3 is 2.79 bits per heavy atom. The predicted octanol–water partition coefficient (Wildman–Crippen LogP) is 3.50. The molecule has 3 rings (SSSR count). The number of rotatable bonds is 6. The zero-order valence-electron chi connectivity index (χ0n) is 12.2. The molecule has 6 nitrogen and oxygen atoms in total. The highest BCUT2D eigenvalue weighted by molar-refractivity contribution is 8.01. The summed E-state index contributed by atoms with van der Waals surface area (Å²) in [6.07, 6.45) is 0.329. The molecule has 0 spiro atoms. The minimum atomic E-state index is -0.294. The molecule has 0 aliphatic carbocycles. The van der Waals surface area contributed by atoms with Crippen molar-refractivity contribution >= 4 is 50.6 Å². The van der Waals surface area contributed by atoms with Crippen molar-refractivity contribution in [1.82, 2.24) is 15.2 Å². The highest BCUT2D eigenvalue weighted by Crippen LogP contribution is 2.26. The van der Waals surface area contributed by atoms with E-state index < -0.39 is 0 Å². The van der Waals surface area contributed by atoms with E-state index in [-0.39, 0.29) is 11.7 Å². The number of nitrogen functional groups attached to an aromatic ring is 1. The monoisotopic (exact) mass is 381 g/mol. The van der Waals surface area contributed by atoms with Gasteiger partial charge in [-0.1, -0.05) is 23.1 Å². The highest BCUT2D eigenvalue weighted by atomic mass is 32.2. The van der Waals surface area contributed by atoms with Crippen LogP contribution in [0.1, 0.15) is 6.42 Å². The van der Waals surface area contributed by atoms with E-state index in [0.29, 0.717) is 28.1 Å². The largest absolute Gasteiger partial charge is 0.374 e. The fraction of sp³-hybridized carbons (Fsp3) is 0.143. The third kappa shape index (κ3) is 4.49. The van der Waals surface area contributed by atoms with E-state index in [2.05, 4.69) is 20.5 Å². The summed E-state index contributed by atoms with van der Waals surface area (Å²) < 4.78 is 13.7. The quantitative estimate of drug-likeness (QED) is 0.635. The second-order valence-electron chi connectivity index (χ2n) is 4.60. The van der Waals surface area contributed by atoms with Gasteiger partial charge in [-0.3, -0.25) is 4.79 Å². The van der Waals surface area contributed by atoms with E-state index in [4.69, 9.17) is 5.73 Å². The number of amides is 1. The maximum absolute atomic E-state index is 12.9. The van der Waals surface area contributed by atoms with Crippen molar-refractivity contribution in [1.29, 1.82) is 0 Å². The van der Waals surface area contributed by atoms with Crippen molar-refractivity contribution in [3.05, 3.63) is 35.5 Å². The van der Waals surface area contributed by atoms with Gasteiger partial charge in [0.2, 0.25) is 11.0 Å². The Balaban J connectivity index is 1.50. The summed E-state index contributed by atoms with van der Waals surface area (Å²) in [5.74, 6) is 0.161. The van der Waals surface area contributed by atoms with Crippen LogP contribution in [0.4, 0.5) is 14.7 Å². The second-order valence-corrected chi connectivity index (χ2v) is 7.81. The van der Waals surface area contributed by atoms with Gasteiger partial charge in [0, 0.05) is 23.1 Å². The lowest BCUT2D eigenvalue weighted by molar-refractivity contribution is -0.115. The Hall–Kier alpha value is -2.04. The molecule has 3 N–H and O–H groups in total. The number of benzene rings is 1. The number of aromatic nitrogens is 3. The van der Waals surface area contributed by atoms with Crippen molar-refractivity contribution in [3.63, 3.8) is 0 Å². The number of carbonyl (C=O) groups excluding carboxylic acids is 1. The summed E-state index contributed by atoms with van der Waals surface area (Å²) in [5, 5.41) is 13.1. The first kappa shape index (κ1) is 16.8. The van der Waals surface area contributed by atoms with E-state index >= 15 is 0 Å². The number of nitrogens with zero attached hydrogens (tertiary/aromatic N) is 3. The van der Waals surface area contributed by atoms with Crippen LogP contribution in [-0.4, -0.2) is 26.8 Å². The molecule has 0 aliphatic rings. The van der Waals surface area contributed by atoms with Crippen molar-refractivity contribution in [3.8, 4) is 11.3 Å². The van der Waals surface area contributed by atoms with Gasteiger partial charge in [-0.05, 0) is 24.3 Å². The molecule has 0 fully saturated rings. The molecule has 24 heavy (non-hydrogen) atoms. The number of hydrogen-bond donors (Lipinski definition) is 2. The van der Waals surface area contributed by atoms with Crippen LogP contribution >= 0.6 is 34.4 Å². The molecule has 0 saturated carbocycles. The first-order valence-electron chi connectivity index (χ1n) is 6.83. The van der Waals surface area contributed by atoms with E-state index in [1.165, 1.54) is 46.6 Å². The summed E-state index contributed by atoms with van der Waals surface area (Å²) in [7, 11) is 0. The van der Waals surface area contributed by atoms with Crippen molar-refractivity contribution < 1.29 is 9.18 Å². The van der Waals surface area contributed by atoms with Crippen LogP contribution in [0.15, 0.2) is 34.0 Å². The summed E-state index contributed by atoms with van der Waals surface area (Å²) in [5.41, 5.74) is 7.00. The molecule has 10 heteroatoms. The van der Waals surface area contributed by atoms with Gasteiger partial charge in [0.05, 0.1) is 5.69 Å². The number of hydrogen-bond acceptors (Lipinski definition) is 8. The average molecular weight is 381 g/mol. The molecule has 0 saturated heterocycles. The summed E-state index contributed by atoms with van der Waals surface area (Å²) in [4.78, 5) is 16.3. The highest BCUT2D eigenvalue weighted by Gasteiger charge is 2.09. The van der Waals surface area contributed by atoms with Gasteiger partial charge in [-0.25, -0.2) is 9.37 Å². The SMILES string of the molecule is Nc1nnc(SCCC(=O)Nc2nc(-c3ccc(F)cc3)cs2)s1. The molecule has 2 heterocycles. The van der Waals surface area contributed by atoms with Crippen LogP contribution in [0.2, 0.25) is 0 Å². The number of thioether (sulfide) groups is 1. The number of anilines is 2. The van der Waals surface area contributed by atoms with Crippen LogP contribution in [0, 0.1) is 5.82 Å². The Morgan fingerprint density at radius 1 is 1.29 bits per heavy atom. The predicted molar refractivity (Wildman–Crippen MR) is 95.8 cm³/mol. The summed E-state index contributed by atoms with van der Waals surface area (Å²) >= 11 is 4.06. The summed E-state index contributed by atoms with van der Waals surface area (Å²) in [6.45, 7) is 0. The van der Waals surface area contributed by atoms with Gasteiger partial charge in [0.15, 0.2) is 9.47 Å². The second kappa shape index (κ2) is 7.69. The first-order valence-corrected chi connectivity index (χ1v) is 9.51. The van der Waals surface area contributed by atoms with Crippen LogP contribution in [0.25, 0.3) is 11.3 Å². The maximum atomic E-state index is 12.9. The molecule has 0 atom stereocenters. The summed E-state index contributed by atoms with van der Waals surface area (Å²) in [6, 6.07) is 6.07. The standard InChI is InChI=1S/C14H12FN5OS3/c15-9-3-1-8(2-4-9)10-7-23-13(17-10)18-11(21)5-6-22-14-20-19-12(16)24-14/h1-4,7H,5-6H2,(H2,16,19)(H,17,18,21). The Kier molecular flexibility index (Phi) is 5.38. The normalized spacial score (nSPS) is 10.7. The van der Waals surface area contributed by atoms with E-state index in [0.717, 1.165) is 9.90 Å². The molecular weight excluding hydrogens is 369 g/mol. The maximum Gasteiger partial charge on any atom is 0.226 e. The van der Waals surface area contributed by atoms with Crippen LogP contribution in [-0.2, 0) is 4.79 Å². The Labute approximate surface area is 149 Å². The molecule has 124 valence electrons. The van der Waals surface area contributed by atoms with Crippen molar-refractivity contribution in [2.24, 2.45) is 0 Å². The Bertz CT molecular complexity index is 833. The smallest absolute Gasteiger partial charge is 0.226 e. The number of nitrogens with two attached hydrogens (primary N) is 1. The van der Waals surface area contributed by atoms with Gasteiger partial charge >= 0.3 is 0 Å². The molecular formula is C14H12FN5OS3. The molecule has 0 radical (unpaired) electrons. The lowest BCUT2D eigenvalue weighted by atomic mass is 10.2. The minimum absolute atomic E-state index is 0.125. The zero-order chi connectivity index (χ0) is 16.9. The third-order valence-electron chi connectivity index (χ3n) is 2.87. The van der Waals surface area contributed by atoms with Gasteiger partial charge < -0.3 is 11.1 Å².